The molecule has 0 aliphatic heterocycles. The van der Waals surface area contributed by atoms with Gasteiger partial charge in [-0.1, -0.05) is 30.3 Å². The topological polar surface area (TPSA) is 73.5 Å². The minimum Gasteiger partial charge on any atom is -0.353 e. The van der Waals surface area contributed by atoms with Crippen LogP contribution in [0, 0.1) is 5.82 Å². The largest absolute Gasteiger partial charge is 0.353 e. The van der Waals surface area contributed by atoms with Gasteiger partial charge in [-0.3, -0.25) is 10.1 Å². The highest BCUT2D eigenvalue weighted by molar-refractivity contribution is 6.00. The Kier molecular flexibility index (Phi) is 5.12. The maximum atomic E-state index is 14.6. The highest BCUT2D eigenvalue weighted by Crippen LogP contribution is 2.35. The zero-order chi connectivity index (χ0) is 23.9. The number of halogens is 1. The second kappa shape index (κ2) is 8.45. The molecule has 0 saturated heterocycles. The monoisotopic (exact) mass is 462 g/mol. The van der Waals surface area contributed by atoms with Crippen molar-refractivity contribution in [1.29, 1.82) is 0 Å². The van der Waals surface area contributed by atoms with Crippen LogP contribution in [0.1, 0.15) is 5.56 Å². The van der Waals surface area contributed by atoms with Crippen LogP contribution in [0.25, 0.3) is 55.7 Å². The van der Waals surface area contributed by atoms with Gasteiger partial charge < -0.3 is 9.88 Å². The summed E-state index contributed by atoms with van der Waals surface area (Å²) in [4.78, 5) is 14.9. The van der Waals surface area contributed by atoms with Gasteiger partial charge in [-0.25, -0.2) is 9.37 Å². The van der Waals surface area contributed by atoms with Crippen LogP contribution < -0.4 is 0 Å². The number of hydrogen-bond acceptors (Lipinski definition) is 4. The van der Waals surface area contributed by atoms with E-state index in [-0.39, 0.29) is 5.82 Å². The van der Waals surface area contributed by atoms with Crippen LogP contribution in [0.5, 0.6) is 0 Å². The van der Waals surface area contributed by atoms with Crippen molar-refractivity contribution in [2.45, 2.75) is 6.54 Å². The lowest BCUT2D eigenvalue weighted by Crippen LogP contribution is -2.10. The van der Waals surface area contributed by atoms with Crippen LogP contribution in [0.4, 0.5) is 4.39 Å². The minimum absolute atomic E-state index is 0.246. The van der Waals surface area contributed by atoms with Crippen LogP contribution in [0.3, 0.4) is 0 Å². The van der Waals surface area contributed by atoms with Gasteiger partial charge >= 0.3 is 0 Å². The molecule has 6 nitrogen and oxygen atoms in total. The third-order valence-electron chi connectivity index (χ3n) is 6.08. The Bertz CT molecular complexity index is 1680. The number of nitrogens with one attached hydrogen (secondary N) is 2. The third kappa shape index (κ3) is 3.86. The quantitative estimate of drug-likeness (QED) is 0.328. The predicted octanol–water partition coefficient (Wildman–Crippen LogP) is 6.04. The lowest BCUT2D eigenvalue weighted by molar-refractivity contribution is 0.402. The smallest absolute Gasteiger partial charge is 0.135 e. The van der Waals surface area contributed by atoms with E-state index in [1.807, 2.05) is 69.0 Å². The highest BCUT2D eigenvalue weighted by Gasteiger charge is 2.16. The molecule has 0 aliphatic rings. The van der Waals surface area contributed by atoms with Gasteiger partial charge in [0.05, 0.1) is 16.9 Å². The van der Waals surface area contributed by atoms with E-state index in [4.69, 9.17) is 4.98 Å². The number of fused-ring (bicyclic) bond motifs is 2. The number of rotatable bonds is 5. The Morgan fingerprint density at radius 2 is 1.74 bits per heavy atom. The van der Waals surface area contributed by atoms with Crippen LogP contribution >= 0.6 is 0 Å². The van der Waals surface area contributed by atoms with E-state index in [2.05, 4.69) is 31.1 Å². The molecule has 0 atom stereocenters. The first-order valence-corrected chi connectivity index (χ1v) is 11.4. The van der Waals surface area contributed by atoms with Crippen LogP contribution in [-0.2, 0) is 6.54 Å². The molecule has 2 N–H and O–H groups in total. The van der Waals surface area contributed by atoms with E-state index in [1.165, 1.54) is 6.07 Å². The van der Waals surface area contributed by atoms with Gasteiger partial charge in [-0.15, -0.1) is 0 Å². The number of aromatic nitrogens is 5. The Balaban J connectivity index is 1.46. The lowest BCUT2D eigenvalue weighted by Gasteiger charge is -2.10. The molecule has 6 rings (SSSR count). The first-order valence-electron chi connectivity index (χ1n) is 11.4. The molecule has 0 aliphatic carbocycles. The molecule has 7 heteroatoms. The molecule has 0 amide bonds. The van der Waals surface area contributed by atoms with E-state index in [0.29, 0.717) is 5.56 Å². The average Bonchev–Trinajstić information content (AvgIpc) is 3.47. The summed E-state index contributed by atoms with van der Waals surface area (Å²) < 4.78 is 14.6. The average molecular weight is 463 g/mol. The fourth-order valence-corrected chi connectivity index (χ4v) is 4.52. The van der Waals surface area contributed by atoms with Crippen molar-refractivity contribution in [1.82, 2.24) is 30.0 Å². The summed E-state index contributed by atoms with van der Waals surface area (Å²) in [5.74, 6) is -0.246. The second-order valence-electron chi connectivity index (χ2n) is 8.91. The second-order valence-corrected chi connectivity index (χ2v) is 8.91. The molecular weight excluding hydrogens is 439 g/mol. The molecule has 0 saturated carbocycles. The van der Waals surface area contributed by atoms with Gasteiger partial charge in [-0.2, -0.15) is 5.10 Å². The normalized spacial score (nSPS) is 11.7. The SMILES string of the molecule is CN(C)Cc1cncc(-c2ccc3[nH]nc(-c4cc5c(-c6ccccc6F)cccc5[nH]4)c3n2)c1. The van der Waals surface area contributed by atoms with E-state index in [9.17, 15) is 4.39 Å². The molecule has 0 spiro atoms. The Morgan fingerprint density at radius 3 is 2.60 bits per heavy atom. The number of nitrogens with zero attached hydrogens (tertiary/aromatic N) is 4. The highest BCUT2D eigenvalue weighted by atomic mass is 19.1. The van der Waals surface area contributed by atoms with Crippen molar-refractivity contribution in [2.75, 3.05) is 14.1 Å². The molecule has 6 aromatic rings. The van der Waals surface area contributed by atoms with Gasteiger partial charge in [0.2, 0.25) is 0 Å². The molecule has 2 aromatic carbocycles. The molecule has 4 heterocycles. The fourth-order valence-electron chi connectivity index (χ4n) is 4.52. The number of aromatic amines is 2. The Labute approximate surface area is 201 Å². The molecule has 0 bridgehead atoms. The predicted molar refractivity (Wildman–Crippen MR) is 137 cm³/mol. The summed E-state index contributed by atoms with van der Waals surface area (Å²) in [7, 11) is 4.07. The fraction of sp³-hybridized carbons (Fsp3) is 0.107. The molecule has 0 fully saturated rings. The summed E-state index contributed by atoms with van der Waals surface area (Å²) >= 11 is 0. The van der Waals surface area contributed by atoms with Gasteiger partial charge in [0, 0.05) is 41.0 Å². The zero-order valence-electron chi connectivity index (χ0n) is 19.4. The lowest BCUT2D eigenvalue weighted by atomic mass is 10.0. The summed E-state index contributed by atoms with van der Waals surface area (Å²) in [6.45, 7) is 0.805. The van der Waals surface area contributed by atoms with E-state index in [1.54, 1.807) is 12.1 Å². The van der Waals surface area contributed by atoms with Crippen molar-refractivity contribution in [3.63, 3.8) is 0 Å². The van der Waals surface area contributed by atoms with Crippen molar-refractivity contribution in [2.24, 2.45) is 0 Å². The summed E-state index contributed by atoms with van der Waals surface area (Å²) in [6.07, 6.45) is 3.71. The number of hydrogen-bond donors (Lipinski definition) is 2. The standard InChI is InChI=1S/C28H23FN6/c1-35(2)16-17-12-18(15-30-14-17)23-10-11-25-27(32-23)28(34-33-25)26-13-21-19(7-5-9-24(21)31-26)20-6-3-4-8-22(20)29/h3-15,31H,16H2,1-2H3,(H,33,34). The van der Waals surface area contributed by atoms with Crippen LogP contribution in [-0.4, -0.2) is 44.1 Å². The summed E-state index contributed by atoms with van der Waals surface area (Å²) in [5, 5.41) is 8.58. The Hall–Kier alpha value is -4.36. The minimum atomic E-state index is -0.246. The number of H-pyrrole nitrogens is 2. The molecule has 0 unspecified atom stereocenters. The molecule has 35 heavy (non-hydrogen) atoms. The van der Waals surface area contributed by atoms with Crippen LogP contribution in [0.2, 0.25) is 0 Å². The van der Waals surface area contributed by atoms with Crippen LogP contribution in [0.15, 0.2) is 79.1 Å². The van der Waals surface area contributed by atoms with Crippen molar-refractivity contribution in [3.8, 4) is 33.8 Å². The van der Waals surface area contributed by atoms with Gasteiger partial charge in [0.15, 0.2) is 0 Å². The first-order chi connectivity index (χ1) is 17.1. The number of benzene rings is 2. The number of pyridine rings is 2. The van der Waals surface area contributed by atoms with E-state index < -0.39 is 0 Å². The first kappa shape index (κ1) is 21.2. The van der Waals surface area contributed by atoms with Gasteiger partial charge in [-0.05, 0) is 61.6 Å². The maximum Gasteiger partial charge on any atom is 0.135 e. The molecular formula is C28H23FN6. The van der Waals surface area contributed by atoms with E-state index in [0.717, 1.165) is 62.3 Å². The molecule has 4 aromatic heterocycles. The molecule has 172 valence electrons. The molecule has 0 radical (unpaired) electrons. The van der Waals surface area contributed by atoms with E-state index >= 15 is 0 Å². The van der Waals surface area contributed by atoms with Gasteiger partial charge in [0.1, 0.15) is 17.0 Å². The van der Waals surface area contributed by atoms with Gasteiger partial charge in [0.25, 0.3) is 0 Å². The zero-order valence-corrected chi connectivity index (χ0v) is 19.4. The maximum absolute atomic E-state index is 14.6. The summed E-state index contributed by atoms with van der Waals surface area (Å²) in [6, 6.07) is 20.8. The van der Waals surface area contributed by atoms with Crippen molar-refractivity contribution >= 4 is 21.9 Å². The summed E-state index contributed by atoms with van der Waals surface area (Å²) in [5.41, 5.74) is 8.37. The third-order valence-corrected chi connectivity index (χ3v) is 6.08. The van der Waals surface area contributed by atoms with Crippen molar-refractivity contribution < 1.29 is 4.39 Å². The Morgan fingerprint density at radius 1 is 0.886 bits per heavy atom. The van der Waals surface area contributed by atoms with Crippen molar-refractivity contribution in [3.05, 3.63) is 90.5 Å².